The smallest absolute Gasteiger partial charge is 0.457 e. The second kappa shape index (κ2) is 33.9. The average Bonchev–Trinajstić information content (AvgIpc) is 3.01. The third-order valence-corrected chi connectivity index (χ3v) is 9.01. The lowest BCUT2D eigenvalue weighted by molar-refractivity contribution is -0.154. The van der Waals surface area contributed by atoms with E-state index < -0.39 is 13.9 Å². The summed E-state index contributed by atoms with van der Waals surface area (Å²) >= 11 is 0. The van der Waals surface area contributed by atoms with Gasteiger partial charge in [0.1, 0.15) is 6.10 Å². The number of rotatable bonds is 36. The molecule has 0 radical (unpaired) electrons. The molecule has 0 bridgehead atoms. The van der Waals surface area contributed by atoms with Crippen LogP contribution < -0.4 is 5.73 Å². The Morgan fingerprint density at radius 3 is 1.43 bits per heavy atom. The number of carbonyl (C=O) groups is 1. The Labute approximate surface area is 271 Å². The van der Waals surface area contributed by atoms with E-state index in [1.807, 2.05) is 0 Å². The van der Waals surface area contributed by atoms with Gasteiger partial charge in [0.05, 0.1) is 19.8 Å². The van der Waals surface area contributed by atoms with Crippen molar-refractivity contribution < 1.29 is 32.8 Å². The highest BCUT2D eigenvalue weighted by Crippen LogP contribution is 2.43. The fourth-order valence-corrected chi connectivity index (χ4v) is 6.06. The SMILES string of the molecule is CCCCCCCCCCCCCCCCCCCCC(=O)OC(COCCCCCCCCC)COP(=O)(O)OCCN. The molecule has 0 aromatic carbocycles. The Hall–Kier alpha value is -0.500. The first-order valence-corrected chi connectivity index (χ1v) is 20.0. The molecule has 0 saturated carbocycles. The zero-order chi connectivity index (χ0) is 32.4. The Morgan fingerprint density at radius 1 is 0.591 bits per heavy atom. The van der Waals surface area contributed by atoms with Crippen LogP contribution in [0.3, 0.4) is 0 Å². The summed E-state index contributed by atoms with van der Waals surface area (Å²) in [5.74, 6) is -0.328. The van der Waals surface area contributed by atoms with Gasteiger partial charge in [0.2, 0.25) is 0 Å². The molecule has 0 fully saturated rings. The van der Waals surface area contributed by atoms with Gasteiger partial charge in [0.15, 0.2) is 0 Å². The highest BCUT2D eigenvalue weighted by molar-refractivity contribution is 7.47. The number of hydrogen-bond acceptors (Lipinski definition) is 7. The summed E-state index contributed by atoms with van der Waals surface area (Å²) in [6.07, 6.45) is 31.2. The molecular formula is C35H72NO7P. The average molecular weight is 650 g/mol. The molecule has 2 atom stereocenters. The van der Waals surface area contributed by atoms with E-state index in [9.17, 15) is 14.3 Å². The third kappa shape index (κ3) is 32.9. The third-order valence-electron chi connectivity index (χ3n) is 8.02. The number of esters is 1. The van der Waals surface area contributed by atoms with Crippen LogP contribution in [0.5, 0.6) is 0 Å². The summed E-state index contributed by atoms with van der Waals surface area (Å²) in [6, 6.07) is 0. The van der Waals surface area contributed by atoms with Gasteiger partial charge in [-0.3, -0.25) is 13.8 Å². The van der Waals surface area contributed by atoms with Crippen LogP contribution in [0.15, 0.2) is 0 Å². The fraction of sp³-hybridized carbons (Fsp3) is 0.971. The van der Waals surface area contributed by atoms with Gasteiger partial charge in [-0.2, -0.15) is 0 Å². The van der Waals surface area contributed by atoms with Crippen LogP contribution in [0.4, 0.5) is 0 Å². The molecule has 264 valence electrons. The molecule has 0 amide bonds. The molecule has 0 aromatic heterocycles. The summed E-state index contributed by atoms with van der Waals surface area (Å²) in [4.78, 5) is 22.3. The molecule has 0 aromatic rings. The van der Waals surface area contributed by atoms with E-state index in [-0.39, 0.29) is 32.3 Å². The largest absolute Gasteiger partial charge is 0.472 e. The molecular weight excluding hydrogens is 577 g/mol. The van der Waals surface area contributed by atoms with E-state index in [2.05, 4.69) is 13.8 Å². The monoisotopic (exact) mass is 650 g/mol. The summed E-state index contributed by atoms with van der Waals surface area (Å²) in [5, 5.41) is 0. The quantitative estimate of drug-likeness (QED) is 0.0391. The molecule has 0 spiro atoms. The number of hydrogen-bond donors (Lipinski definition) is 2. The Bertz CT molecular complexity index is 653. The Morgan fingerprint density at radius 2 is 1.00 bits per heavy atom. The molecule has 8 nitrogen and oxygen atoms in total. The van der Waals surface area contributed by atoms with Gasteiger partial charge in [-0.25, -0.2) is 4.57 Å². The number of carbonyl (C=O) groups excluding carboxylic acids is 1. The summed E-state index contributed by atoms with van der Waals surface area (Å²) < 4.78 is 33.1. The second-order valence-electron chi connectivity index (χ2n) is 12.5. The van der Waals surface area contributed by atoms with E-state index in [0.29, 0.717) is 13.0 Å². The fourth-order valence-electron chi connectivity index (χ4n) is 5.29. The molecule has 0 aliphatic carbocycles. The number of unbranched alkanes of at least 4 members (excludes halogenated alkanes) is 23. The van der Waals surface area contributed by atoms with Gasteiger partial charge < -0.3 is 20.1 Å². The maximum absolute atomic E-state index is 12.5. The lowest BCUT2D eigenvalue weighted by Gasteiger charge is -2.20. The zero-order valence-corrected chi connectivity index (χ0v) is 29.8. The van der Waals surface area contributed by atoms with E-state index in [1.54, 1.807) is 0 Å². The van der Waals surface area contributed by atoms with E-state index >= 15 is 0 Å². The van der Waals surface area contributed by atoms with Gasteiger partial charge >= 0.3 is 13.8 Å². The number of phosphoric acid groups is 1. The lowest BCUT2D eigenvalue weighted by Crippen LogP contribution is -2.28. The first-order chi connectivity index (χ1) is 21.4. The van der Waals surface area contributed by atoms with Crippen molar-refractivity contribution >= 4 is 13.8 Å². The Balaban J connectivity index is 3.94. The molecule has 2 unspecified atom stereocenters. The first kappa shape index (κ1) is 43.5. The predicted octanol–water partition coefficient (Wildman–Crippen LogP) is 10.2. The number of phosphoric ester groups is 1. The van der Waals surface area contributed by atoms with Crippen LogP contribution in [0.2, 0.25) is 0 Å². The number of nitrogens with two attached hydrogens (primary N) is 1. The number of ether oxygens (including phenoxy) is 2. The van der Waals surface area contributed by atoms with Crippen LogP contribution in [-0.4, -0.2) is 49.9 Å². The Kier molecular flexibility index (Phi) is 33.5. The lowest BCUT2D eigenvalue weighted by atomic mass is 10.0. The maximum Gasteiger partial charge on any atom is 0.472 e. The zero-order valence-electron chi connectivity index (χ0n) is 28.9. The molecule has 0 heterocycles. The molecule has 0 aliphatic rings. The molecule has 44 heavy (non-hydrogen) atoms. The first-order valence-electron chi connectivity index (χ1n) is 18.5. The molecule has 0 saturated heterocycles. The minimum absolute atomic E-state index is 0.0909. The minimum Gasteiger partial charge on any atom is -0.457 e. The predicted molar refractivity (Wildman–Crippen MR) is 183 cm³/mol. The molecule has 9 heteroatoms. The molecule has 3 N–H and O–H groups in total. The summed E-state index contributed by atoms with van der Waals surface area (Å²) in [6.45, 7) is 4.92. The standard InChI is InChI=1S/C35H72NO7P/c1-3-5-7-9-11-12-13-14-15-16-17-18-19-20-21-22-24-26-28-35(37)43-34(33-42-44(38,39)41-31-29-36)32-40-30-27-25-23-10-8-6-4-2/h34H,3-33,36H2,1-2H3,(H,38,39). The van der Waals surface area contributed by atoms with Crippen LogP contribution >= 0.6 is 7.82 Å². The van der Waals surface area contributed by atoms with Crippen LogP contribution in [0, 0.1) is 0 Å². The second-order valence-corrected chi connectivity index (χ2v) is 13.9. The van der Waals surface area contributed by atoms with Crippen molar-refractivity contribution in [3.63, 3.8) is 0 Å². The van der Waals surface area contributed by atoms with Gasteiger partial charge in [0, 0.05) is 19.6 Å². The highest BCUT2D eigenvalue weighted by Gasteiger charge is 2.25. The van der Waals surface area contributed by atoms with E-state index in [4.69, 9.17) is 24.3 Å². The topological polar surface area (TPSA) is 117 Å². The molecule has 0 aliphatic heterocycles. The van der Waals surface area contributed by atoms with Crippen molar-refractivity contribution in [1.29, 1.82) is 0 Å². The van der Waals surface area contributed by atoms with Crippen molar-refractivity contribution in [2.45, 2.75) is 187 Å². The van der Waals surface area contributed by atoms with Crippen LogP contribution in [-0.2, 0) is 27.9 Å². The van der Waals surface area contributed by atoms with Gasteiger partial charge in [-0.05, 0) is 12.8 Å². The molecule has 0 rings (SSSR count). The van der Waals surface area contributed by atoms with Gasteiger partial charge in [0.25, 0.3) is 0 Å². The van der Waals surface area contributed by atoms with Crippen molar-refractivity contribution in [2.24, 2.45) is 5.73 Å². The van der Waals surface area contributed by atoms with E-state index in [0.717, 1.165) is 32.1 Å². The highest BCUT2D eigenvalue weighted by atomic mass is 31.2. The van der Waals surface area contributed by atoms with Crippen molar-refractivity contribution in [3.8, 4) is 0 Å². The summed E-state index contributed by atoms with van der Waals surface area (Å²) in [7, 11) is -4.25. The van der Waals surface area contributed by atoms with Crippen molar-refractivity contribution in [2.75, 3.05) is 33.0 Å². The van der Waals surface area contributed by atoms with Gasteiger partial charge in [-0.1, -0.05) is 162 Å². The maximum atomic E-state index is 12.5. The van der Waals surface area contributed by atoms with Gasteiger partial charge in [-0.15, -0.1) is 0 Å². The minimum atomic E-state index is -4.25. The van der Waals surface area contributed by atoms with Crippen molar-refractivity contribution in [1.82, 2.24) is 0 Å². The normalized spacial score (nSPS) is 13.6. The summed E-state index contributed by atoms with van der Waals surface area (Å²) in [5.41, 5.74) is 5.33. The van der Waals surface area contributed by atoms with Crippen LogP contribution in [0.25, 0.3) is 0 Å². The van der Waals surface area contributed by atoms with Crippen LogP contribution in [0.1, 0.15) is 181 Å². The van der Waals surface area contributed by atoms with Crippen molar-refractivity contribution in [3.05, 3.63) is 0 Å². The van der Waals surface area contributed by atoms with E-state index in [1.165, 1.54) is 128 Å².